The van der Waals surface area contributed by atoms with E-state index in [0.29, 0.717) is 23.4 Å². The van der Waals surface area contributed by atoms with Crippen LogP contribution in [0.1, 0.15) is 13.8 Å². The highest BCUT2D eigenvalue weighted by atomic mass is 32.2. The van der Waals surface area contributed by atoms with E-state index >= 15 is 0 Å². The Morgan fingerprint density at radius 3 is 2.47 bits per heavy atom. The maximum Gasteiger partial charge on any atom is 0.353 e. The average molecular weight is 285 g/mol. The van der Waals surface area contributed by atoms with Crippen molar-refractivity contribution in [2.75, 3.05) is 37.1 Å². The van der Waals surface area contributed by atoms with E-state index in [-0.39, 0.29) is 11.5 Å². The van der Waals surface area contributed by atoms with Gasteiger partial charge >= 0.3 is 5.69 Å². The fourth-order valence-corrected chi connectivity index (χ4v) is 1.78. The van der Waals surface area contributed by atoms with Crippen molar-refractivity contribution in [3.8, 4) is 0 Å². The first kappa shape index (κ1) is 15.5. The van der Waals surface area contributed by atoms with E-state index in [4.69, 9.17) is 0 Å². The predicted octanol–water partition coefficient (Wildman–Crippen LogP) is 2.24. The number of nitro groups is 1. The van der Waals surface area contributed by atoms with Gasteiger partial charge in [0.2, 0.25) is 11.6 Å². The van der Waals surface area contributed by atoms with Crippen LogP contribution in [0.15, 0.2) is 5.16 Å². The van der Waals surface area contributed by atoms with Crippen molar-refractivity contribution in [2.24, 2.45) is 5.92 Å². The lowest BCUT2D eigenvalue weighted by atomic mass is 10.2. The van der Waals surface area contributed by atoms with Gasteiger partial charge < -0.3 is 10.2 Å². The quantitative estimate of drug-likeness (QED) is 0.371. The van der Waals surface area contributed by atoms with Crippen LogP contribution in [-0.2, 0) is 0 Å². The summed E-state index contributed by atoms with van der Waals surface area (Å²) in [5, 5.41) is 14.8. The van der Waals surface area contributed by atoms with Crippen LogP contribution in [0.3, 0.4) is 0 Å². The molecule has 0 amide bonds. The van der Waals surface area contributed by atoms with Gasteiger partial charge in [0, 0.05) is 20.6 Å². The van der Waals surface area contributed by atoms with Gasteiger partial charge in [0.1, 0.15) is 0 Å². The van der Waals surface area contributed by atoms with Crippen molar-refractivity contribution in [2.45, 2.75) is 19.0 Å². The fourth-order valence-electron chi connectivity index (χ4n) is 1.42. The summed E-state index contributed by atoms with van der Waals surface area (Å²) >= 11 is 1.36. The third kappa shape index (κ3) is 3.95. The Balaban J connectivity index is 3.31. The number of rotatable bonds is 6. The van der Waals surface area contributed by atoms with Crippen LogP contribution in [0.25, 0.3) is 0 Å². The normalized spacial score (nSPS) is 10.6. The van der Waals surface area contributed by atoms with E-state index in [0.717, 1.165) is 0 Å². The Morgan fingerprint density at radius 2 is 2.05 bits per heavy atom. The van der Waals surface area contributed by atoms with Crippen molar-refractivity contribution < 1.29 is 4.92 Å². The number of thioether (sulfide) groups is 1. The van der Waals surface area contributed by atoms with Crippen molar-refractivity contribution in [1.29, 1.82) is 0 Å². The topological polar surface area (TPSA) is 84.2 Å². The summed E-state index contributed by atoms with van der Waals surface area (Å²) in [5.74, 6) is 0.965. The van der Waals surface area contributed by atoms with Crippen LogP contribution in [0.5, 0.6) is 0 Å². The fraction of sp³-hybridized carbons (Fsp3) is 0.636. The molecule has 1 N–H and O–H groups in total. The van der Waals surface area contributed by atoms with Gasteiger partial charge in [-0.25, -0.2) is 0 Å². The molecule has 0 saturated carbocycles. The molecule has 1 heterocycles. The van der Waals surface area contributed by atoms with E-state index in [1.54, 1.807) is 19.0 Å². The molecular formula is C11H19N5O2S. The van der Waals surface area contributed by atoms with Crippen LogP contribution < -0.4 is 10.2 Å². The summed E-state index contributed by atoms with van der Waals surface area (Å²) in [6.45, 7) is 4.68. The van der Waals surface area contributed by atoms with Crippen molar-refractivity contribution in [3.63, 3.8) is 0 Å². The molecule has 8 heteroatoms. The van der Waals surface area contributed by atoms with E-state index in [1.165, 1.54) is 11.8 Å². The standard InChI is InChI=1S/C11H19N5O2S/c1-7(2)6-12-9-8(16(17)18)10(15(3)4)14-11(13-9)19-5/h7H,6H2,1-5H3,(H,12,13,14). The summed E-state index contributed by atoms with van der Waals surface area (Å²) in [5.41, 5.74) is -0.0801. The first-order valence-electron chi connectivity index (χ1n) is 5.88. The van der Waals surface area contributed by atoms with Crippen LogP contribution in [0, 0.1) is 16.0 Å². The van der Waals surface area contributed by atoms with Crippen LogP contribution in [0.4, 0.5) is 17.3 Å². The van der Waals surface area contributed by atoms with Crippen LogP contribution >= 0.6 is 11.8 Å². The SMILES string of the molecule is CSc1nc(NCC(C)C)c([N+](=O)[O-])c(N(C)C)n1. The lowest BCUT2D eigenvalue weighted by Gasteiger charge is -2.15. The monoisotopic (exact) mass is 285 g/mol. The molecule has 1 aromatic rings. The van der Waals surface area contributed by atoms with Gasteiger partial charge in [-0.3, -0.25) is 10.1 Å². The molecule has 0 radical (unpaired) electrons. The van der Waals surface area contributed by atoms with E-state index in [1.807, 2.05) is 20.1 Å². The van der Waals surface area contributed by atoms with Gasteiger partial charge in [0.05, 0.1) is 4.92 Å². The zero-order valence-corrected chi connectivity index (χ0v) is 12.6. The Morgan fingerprint density at radius 1 is 1.42 bits per heavy atom. The number of hydrogen-bond acceptors (Lipinski definition) is 7. The molecule has 1 rings (SSSR count). The molecule has 0 spiro atoms. The summed E-state index contributed by atoms with van der Waals surface area (Å²) in [6.07, 6.45) is 1.84. The lowest BCUT2D eigenvalue weighted by Crippen LogP contribution is -2.17. The Labute approximate surface area is 117 Å². The van der Waals surface area contributed by atoms with Gasteiger partial charge in [0.25, 0.3) is 0 Å². The average Bonchev–Trinajstić information content (AvgIpc) is 2.34. The van der Waals surface area contributed by atoms with Gasteiger partial charge in [-0.1, -0.05) is 25.6 Å². The molecule has 0 aliphatic heterocycles. The molecular weight excluding hydrogens is 266 g/mol. The molecule has 19 heavy (non-hydrogen) atoms. The minimum Gasteiger partial charge on any atom is -0.364 e. The highest BCUT2D eigenvalue weighted by Gasteiger charge is 2.26. The summed E-state index contributed by atoms with van der Waals surface area (Å²) in [7, 11) is 3.46. The molecule has 0 atom stereocenters. The molecule has 0 fully saturated rings. The molecule has 0 saturated heterocycles. The highest BCUT2D eigenvalue weighted by Crippen LogP contribution is 2.33. The maximum atomic E-state index is 11.2. The number of aromatic nitrogens is 2. The molecule has 0 unspecified atom stereocenters. The van der Waals surface area contributed by atoms with Crippen molar-refractivity contribution in [3.05, 3.63) is 10.1 Å². The third-order valence-electron chi connectivity index (χ3n) is 2.31. The minimum absolute atomic E-state index is 0.0801. The maximum absolute atomic E-state index is 11.2. The Kier molecular flexibility index (Phi) is 5.34. The lowest BCUT2D eigenvalue weighted by molar-refractivity contribution is -0.383. The summed E-state index contributed by atoms with van der Waals surface area (Å²) < 4.78 is 0. The summed E-state index contributed by atoms with van der Waals surface area (Å²) in [6, 6.07) is 0. The second kappa shape index (κ2) is 6.55. The Hall–Kier alpha value is -1.57. The van der Waals surface area contributed by atoms with Gasteiger partial charge in [-0.15, -0.1) is 0 Å². The Bertz CT molecular complexity index is 465. The van der Waals surface area contributed by atoms with E-state index in [9.17, 15) is 10.1 Å². The largest absolute Gasteiger partial charge is 0.364 e. The number of anilines is 2. The zero-order chi connectivity index (χ0) is 14.6. The van der Waals surface area contributed by atoms with E-state index < -0.39 is 4.92 Å². The smallest absolute Gasteiger partial charge is 0.353 e. The molecule has 0 aliphatic carbocycles. The molecule has 0 aromatic carbocycles. The first-order chi connectivity index (χ1) is 8.86. The highest BCUT2D eigenvalue weighted by molar-refractivity contribution is 7.98. The summed E-state index contributed by atoms with van der Waals surface area (Å²) in [4.78, 5) is 20.8. The molecule has 7 nitrogen and oxygen atoms in total. The zero-order valence-electron chi connectivity index (χ0n) is 11.8. The van der Waals surface area contributed by atoms with E-state index in [2.05, 4.69) is 15.3 Å². The second-order valence-electron chi connectivity index (χ2n) is 4.66. The number of nitrogens with zero attached hydrogens (tertiary/aromatic N) is 4. The minimum atomic E-state index is -0.442. The molecule has 106 valence electrons. The number of nitrogens with one attached hydrogen (secondary N) is 1. The molecule has 0 bridgehead atoms. The van der Waals surface area contributed by atoms with Crippen molar-refractivity contribution >= 4 is 29.1 Å². The van der Waals surface area contributed by atoms with Crippen molar-refractivity contribution in [1.82, 2.24) is 9.97 Å². The van der Waals surface area contributed by atoms with Crippen LogP contribution in [0.2, 0.25) is 0 Å². The third-order valence-corrected chi connectivity index (χ3v) is 2.86. The molecule has 0 aliphatic rings. The second-order valence-corrected chi connectivity index (χ2v) is 5.43. The number of hydrogen-bond donors (Lipinski definition) is 1. The van der Waals surface area contributed by atoms with Crippen LogP contribution in [-0.4, -0.2) is 41.8 Å². The van der Waals surface area contributed by atoms with Gasteiger partial charge in [-0.2, -0.15) is 9.97 Å². The molecule has 1 aromatic heterocycles. The van der Waals surface area contributed by atoms with Gasteiger partial charge in [-0.05, 0) is 12.2 Å². The van der Waals surface area contributed by atoms with Gasteiger partial charge in [0.15, 0.2) is 5.16 Å². The first-order valence-corrected chi connectivity index (χ1v) is 7.10. The predicted molar refractivity (Wildman–Crippen MR) is 78.1 cm³/mol.